The maximum absolute atomic E-state index is 4.29. The fraction of sp³-hybridized carbons (Fsp3) is 0.353. The molecule has 0 aliphatic heterocycles. The molecule has 0 spiro atoms. The zero-order valence-corrected chi connectivity index (χ0v) is 13.4. The summed E-state index contributed by atoms with van der Waals surface area (Å²) in [6, 6.07) is 6.58. The van der Waals surface area contributed by atoms with Gasteiger partial charge in [-0.3, -0.25) is 0 Å². The number of hydrogen-bond acceptors (Lipinski definition) is 3. The van der Waals surface area contributed by atoms with Crippen LogP contribution in [0.4, 0.5) is 5.95 Å². The second-order valence-corrected chi connectivity index (χ2v) is 5.96. The zero-order chi connectivity index (χ0) is 15.5. The van der Waals surface area contributed by atoms with Gasteiger partial charge in [-0.15, -0.1) is 0 Å². The van der Waals surface area contributed by atoms with E-state index in [-0.39, 0.29) is 0 Å². The largest absolute Gasteiger partial charge is 0.361 e. The monoisotopic (exact) mass is 297 g/mol. The van der Waals surface area contributed by atoms with Gasteiger partial charge in [0, 0.05) is 49.6 Å². The molecule has 0 radical (unpaired) electrons. The third-order valence-electron chi connectivity index (χ3n) is 3.93. The molecule has 5 heteroatoms. The quantitative estimate of drug-likeness (QED) is 0.735. The lowest BCUT2D eigenvalue weighted by atomic mass is 10.1. The standard InChI is InChI=1S/C17H23N5/c1-21(2)8-6-14-12-19-16-5-4-13(10-15(14)16)11-20-17-18-7-9-22(17)3/h4-5,7,9-10,12,19H,6,8,11H2,1-3H3,(H,18,20). The Balaban J connectivity index is 1.76. The fourth-order valence-electron chi connectivity index (χ4n) is 2.60. The van der Waals surface area contributed by atoms with E-state index < -0.39 is 0 Å². The molecular weight excluding hydrogens is 274 g/mol. The predicted molar refractivity (Wildman–Crippen MR) is 91.1 cm³/mol. The smallest absolute Gasteiger partial charge is 0.202 e. The number of likely N-dealkylation sites (N-methyl/N-ethyl adjacent to an activating group) is 1. The van der Waals surface area contributed by atoms with Crippen molar-refractivity contribution < 1.29 is 0 Å². The molecule has 0 saturated carbocycles. The molecule has 0 bridgehead atoms. The third-order valence-corrected chi connectivity index (χ3v) is 3.93. The van der Waals surface area contributed by atoms with Gasteiger partial charge in [0.05, 0.1) is 0 Å². The number of anilines is 1. The van der Waals surface area contributed by atoms with Crippen LogP contribution in [-0.2, 0) is 20.0 Å². The Bertz CT molecular complexity index is 753. The van der Waals surface area contributed by atoms with Gasteiger partial charge in [-0.05, 0) is 43.8 Å². The molecule has 0 unspecified atom stereocenters. The van der Waals surface area contributed by atoms with E-state index in [1.807, 2.05) is 17.8 Å². The molecule has 116 valence electrons. The minimum atomic E-state index is 0.777. The minimum Gasteiger partial charge on any atom is -0.361 e. The van der Waals surface area contributed by atoms with Crippen molar-refractivity contribution in [3.05, 3.63) is 47.9 Å². The average molecular weight is 297 g/mol. The molecule has 0 saturated heterocycles. The normalized spacial score (nSPS) is 11.5. The van der Waals surface area contributed by atoms with Gasteiger partial charge in [-0.25, -0.2) is 4.98 Å². The minimum absolute atomic E-state index is 0.777. The van der Waals surface area contributed by atoms with Crippen molar-refractivity contribution in [3.8, 4) is 0 Å². The molecule has 0 aliphatic carbocycles. The van der Waals surface area contributed by atoms with Gasteiger partial charge in [0.25, 0.3) is 0 Å². The number of rotatable bonds is 6. The van der Waals surface area contributed by atoms with Gasteiger partial charge in [0.2, 0.25) is 5.95 Å². The maximum atomic E-state index is 4.29. The number of hydrogen-bond donors (Lipinski definition) is 2. The van der Waals surface area contributed by atoms with Gasteiger partial charge in [-0.2, -0.15) is 0 Å². The molecule has 0 aliphatic rings. The molecule has 0 fully saturated rings. The summed E-state index contributed by atoms with van der Waals surface area (Å²) >= 11 is 0. The van der Waals surface area contributed by atoms with Crippen LogP contribution in [0.15, 0.2) is 36.8 Å². The highest BCUT2D eigenvalue weighted by Gasteiger charge is 2.06. The fourth-order valence-corrected chi connectivity index (χ4v) is 2.60. The summed E-state index contributed by atoms with van der Waals surface area (Å²) in [6.07, 6.45) is 6.93. The van der Waals surface area contributed by atoms with Crippen LogP contribution in [0.3, 0.4) is 0 Å². The Morgan fingerprint density at radius 3 is 2.91 bits per heavy atom. The molecule has 3 rings (SSSR count). The highest BCUT2D eigenvalue weighted by molar-refractivity contribution is 5.84. The first-order chi connectivity index (χ1) is 10.6. The van der Waals surface area contributed by atoms with Crippen LogP contribution in [0, 0.1) is 0 Å². The first kappa shape index (κ1) is 14.7. The summed E-state index contributed by atoms with van der Waals surface area (Å²) in [6.45, 7) is 1.84. The van der Waals surface area contributed by atoms with E-state index >= 15 is 0 Å². The van der Waals surface area contributed by atoms with E-state index in [9.17, 15) is 0 Å². The molecule has 2 N–H and O–H groups in total. The van der Waals surface area contributed by atoms with Crippen molar-refractivity contribution in [3.63, 3.8) is 0 Å². The number of benzene rings is 1. The van der Waals surface area contributed by atoms with Crippen molar-refractivity contribution in [2.75, 3.05) is 26.0 Å². The molecule has 2 aromatic heterocycles. The molecule has 5 nitrogen and oxygen atoms in total. The van der Waals surface area contributed by atoms with E-state index in [0.717, 1.165) is 25.5 Å². The van der Waals surface area contributed by atoms with Crippen LogP contribution >= 0.6 is 0 Å². The van der Waals surface area contributed by atoms with E-state index in [2.05, 4.69) is 58.7 Å². The molecule has 0 atom stereocenters. The summed E-state index contributed by atoms with van der Waals surface area (Å²) in [7, 11) is 6.21. The van der Waals surface area contributed by atoms with Gasteiger partial charge >= 0.3 is 0 Å². The van der Waals surface area contributed by atoms with Crippen LogP contribution in [0.2, 0.25) is 0 Å². The third kappa shape index (κ3) is 3.14. The van der Waals surface area contributed by atoms with Gasteiger partial charge in [0.1, 0.15) is 0 Å². The van der Waals surface area contributed by atoms with Crippen LogP contribution in [0.5, 0.6) is 0 Å². The predicted octanol–water partition coefficient (Wildman–Crippen LogP) is 2.62. The first-order valence-corrected chi connectivity index (χ1v) is 7.58. The van der Waals surface area contributed by atoms with Crippen LogP contribution in [-0.4, -0.2) is 40.1 Å². The molecule has 22 heavy (non-hydrogen) atoms. The highest BCUT2D eigenvalue weighted by Crippen LogP contribution is 2.21. The molecule has 0 amide bonds. The maximum Gasteiger partial charge on any atom is 0.202 e. The number of fused-ring (bicyclic) bond motifs is 1. The number of nitrogens with one attached hydrogen (secondary N) is 2. The van der Waals surface area contributed by atoms with Crippen molar-refractivity contribution in [2.24, 2.45) is 7.05 Å². The summed E-state index contributed by atoms with van der Waals surface area (Å²) in [5, 5.41) is 4.69. The first-order valence-electron chi connectivity index (χ1n) is 7.58. The number of aromatic amines is 1. The molecule has 3 aromatic rings. The molecule has 2 heterocycles. The Labute approximate surface area is 131 Å². The van der Waals surface area contributed by atoms with Crippen LogP contribution in [0.25, 0.3) is 10.9 Å². The number of aryl methyl sites for hydroxylation is 1. The number of nitrogens with zero attached hydrogens (tertiary/aromatic N) is 3. The van der Waals surface area contributed by atoms with Crippen molar-refractivity contribution in [2.45, 2.75) is 13.0 Å². The van der Waals surface area contributed by atoms with E-state index in [1.54, 1.807) is 6.20 Å². The van der Waals surface area contributed by atoms with E-state index in [4.69, 9.17) is 0 Å². The van der Waals surface area contributed by atoms with Gasteiger partial charge in [0.15, 0.2) is 0 Å². The number of H-pyrrole nitrogens is 1. The summed E-state index contributed by atoms with van der Waals surface area (Å²) in [5.74, 6) is 0.891. The van der Waals surface area contributed by atoms with Gasteiger partial charge < -0.3 is 19.8 Å². The molecule has 1 aromatic carbocycles. The van der Waals surface area contributed by atoms with E-state index in [1.165, 1.54) is 22.0 Å². The van der Waals surface area contributed by atoms with E-state index in [0.29, 0.717) is 0 Å². The summed E-state index contributed by atoms with van der Waals surface area (Å²) in [5.41, 5.74) is 3.85. The van der Waals surface area contributed by atoms with Crippen molar-refractivity contribution in [1.29, 1.82) is 0 Å². The number of imidazole rings is 1. The number of aromatic nitrogens is 3. The SMILES string of the molecule is CN(C)CCc1c[nH]c2ccc(CNc3nccn3C)cc12. The van der Waals surface area contributed by atoms with Crippen LogP contribution < -0.4 is 5.32 Å². The van der Waals surface area contributed by atoms with Crippen molar-refractivity contribution in [1.82, 2.24) is 19.4 Å². The Hall–Kier alpha value is -2.27. The van der Waals surface area contributed by atoms with Crippen molar-refractivity contribution >= 4 is 16.9 Å². The summed E-state index contributed by atoms with van der Waals surface area (Å²) < 4.78 is 1.98. The lowest BCUT2D eigenvalue weighted by molar-refractivity contribution is 0.414. The molecular formula is C17H23N5. The topological polar surface area (TPSA) is 48.9 Å². The lowest BCUT2D eigenvalue weighted by Gasteiger charge is -2.09. The summed E-state index contributed by atoms with van der Waals surface area (Å²) in [4.78, 5) is 9.87. The second-order valence-electron chi connectivity index (χ2n) is 5.96. The highest BCUT2D eigenvalue weighted by atomic mass is 15.2. The Morgan fingerprint density at radius 1 is 1.32 bits per heavy atom. The van der Waals surface area contributed by atoms with Crippen LogP contribution in [0.1, 0.15) is 11.1 Å². The zero-order valence-electron chi connectivity index (χ0n) is 13.4. The Morgan fingerprint density at radius 2 is 2.18 bits per heavy atom. The average Bonchev–Trinajstić information content (AvgIpc) is 3.08. The van der Waals surface area contributed by atoms with Gasteiger partial charge in [-0.1, -0.05) is 6.07 Å². The Kier molecular flexibility index (Phi) is 4.15. The lowest BCUT2D eigenvalue weighted by Crippen LogP contribution is -2.14. The second kappa shape index (κ2) is 6.23.